The fraction of sp³-hybridized carbons (Fsp3) is 0.382. The van der Waals surface area contributed by atoms with E-state index in [0.29, 0.717) is 66.5 Å². The second-order valence-electron chi connectivity index (χ2n) is 12.0. The van der Waals surface area contributed by atoms with Crippen LogP contribution in [-0.4, -0.2) is 67.4 Å². The van der Waals surface area contributed by atoms with E-state index in [2.05, 4.69) is 16.0 Å². The Balaban J connectivity index is 1.32. The van der Waals surface area contributed by atoms with E-state index in [9.17, 15) is 10.1 Å². The van der Waals surface area contributed by atoms with Gasteiger partial charge in [-0.05, 0) is 55.5 Å². The van der Waals surface area contributed by atoms with Crippen molar-refractivity contribution in [3.8, 4) is 28.8 Å². The highest BCUT2D eigenvalue weighted by Gasteiger charge is 2.42. The van der Waals surface area contributed by atoms with Crippen LogP contribution in [0.5, 0.6) is 11.5 Å². The summed E-state index contributed by atoms with van der Waals surface area (Å²) in [4.78, 5) is 26.2. The van der Waals surface area contributed by atoms with Gasteiger partial charge in [0.05, 0.1) is 30.2 Å². The van der Waals surface area contributed by atoms with Crippen molar-refractivity contribution in [2.75, 3.05) is 25.4 Å². The first-order valence-corrected chi connectivity index (χ1v) is 15.6. The Bertz CT molecular complexity index is 1800. The second kappa shape index (κ2) is 13.1. The van der Waals surface area contributed by atoms with Gasteiger partial charge in [-0.3, -0.25) is 4.90 Å². The molecule has 0 saturated carbocycles. The first kappa shape index (κ1) is 31.0. The molecule has 2 saturated heterocycles. The number of amides is 2. The van der Waals surface area contributed by atoms with Gasteiger partial charge in [-0.1, -0.05) is 39.0 Å². The molecule has 238 valence electrons. The summed E-state index contributed by atoms with van der Waals surface area (Å²) in [6.07, 6.45) is 5.20. The third-order valence-electron chi connectivity index (χ3n) is 8.42. The summed E-state index contributed by atoms with van der Waals surface area (Å²) < 4.78 is 28.9. The summed E-state index contributed by atoms with van der Waals surface area (Å²) in [5, 5.41) is 15.4. The van der Waals surface area contributed by atoms with E-state index in [1.165, 1.54) is 12.4 Å². The van der Waals surface area contributed by atoms with E-state index in [1.54, 1.807) is 38.7 Å². The van der Waals surface area contributed by atoms with Gasteiger partial charge in [0.1, 0.15) is 46.9 Å². The van der Waals surface area contributed by atoms with Crippen LogP contribution >= 0.6 is 0 Å². The molecule has 2 aromatic carbocycles. The number of likely N-dealkylation sites (tertiary alicyclic amines) is 1. The van der Waals surface area contributed by atoms with Gasteiger partial charge in [0, 0.05) is 24.7 Å². The number of rotatable bonds is 8. The molecule has 2 unspecified atom stereocenters. The zero-order valence-electron chi connectivity index (χ0n) is 26.1. The fourth-order valence-corrected chi connectivity index (χ4v) is 6.15. The average Bonchev–Trinajstić information content (AvgIpc) is 3.43. The Labute approximate surface area is 267 Å². The Hall–Kier alpha value is -5.02. The highest BCUT2D eigenvalue weighted by Crippen LogP contribution is 2.37. The van der Waals surface area contributed by atoms with Crippen molar-refractivity contribution >= 4 is 22.9 Å². The molecule has 0 aliphatic carbocycles. The summed E-state index contributed by atoms with van der Waals surface area (Å²) >= 11 is 0. The Morgan fingerprint density at radius 3 is 2.72 bits per heavy atom. The normalized spacial score (nSPS) is 20.0. The van der Waals surface area contributed by atoms with Gasteiger partial charge < -0.3 is 20.1 Å². The van der Waals surface area contributed by atoms with Crippen molar-refractivity contribution in [1.29, 1.82) is 5.26 Å². The molecule has 46 heavy (non-hydrogen) atoms. The van der Waals surface area contributed by atoms with Crippen molar-refractivity contribution in [2.45, 2.75) is 58.2 Å². The quantitative estimate of drug-likeness (QED) is 0.226. The van der Waals surface area contributed by atoms with Gasteiger partial charge >= 0.3 is 6.03 Å². The maximum Gasteiger partial charge on any atom is 0.325 e. The second-order valence-corrected chi connectivity index (χ2v) is 12.0. The molecule has 0 bridgehead atoms. The molecule has 11 nitrogen and oxygen atoms in total. The lowest BCUT2D eigenvalue weighted by Gasteiger charge is -2.46. The number of hydrogen-bond donors (Lipinski definition) is 1. The Morgan fingerprint density at radius 2 is 2.04 bits per heavy atom. The van der Waals surface area contributed by atoms with E-state index >= 15 is 4.39 Å². The molecule has 0 spiro atoms. The molecule has 4 heterocycles. The zero-order valence-corrected chi connectivity index (χ0v) is 26.1. The maximum atomic E-state index is 15.7. The summed E-state index contributed by atoms with van der Waals surface area (Å²) in [5.41, 5.74) is 7.66. The number of carbonyl (C=O) groups is 1. The summed E-state index contributed by atoms with van der Waals surface area (Å²) in [6.45, 7) is 7.19. The first-order chi connectivity index (χ1) is 22.3. The van der Waals surface area contributed by atoms with E-state index < -0.39 is 5.82 Å². The third-order valence-corrected chi connectivity index (χ3v) is 8.42. The number of carbonyl (C=O) groups excluding carboxylic acids is 1. The number of halogens is 1. The van der Waals surface area contributed by atoms with E-state index in [0.717, 1.165) is 6.42 Å². The van der Waals surface area contributed by atoms with Crippen LogP contribution in [0.15, 0.2) is 66.6 Å². The molecule has 0 radical (unpaired) electrons. The average molecular weight is 625 g/mol. The number of benzene rings is 2. The number of anilines is 1. The van der Waals surface area contributed by atoms with Crippen LogP contribution in [0.1, 0.15) is 46.1 Å². The standard InChI is InChI=1S/C34H37FN8O3/c1-4-29-28(19-45-29)42(23(17-36)15-21(2)3)34(44)41-14-8-9-22(18-41)43-33-30(32(37)38-20-39-33)31(40-43)26-13-12-25(16-27(26)35)46-24-10-6-5-7-11-24/h5-7,10-13,15-16,20-22,28-29H,4,8-9,14,18-19H2,1-3H3,(H2,37,38,39)/t22?,28?,29-/m1/s1. The number of aromatic nitrogens is 4. The molecular formula is C34H37FN8O3. The lowest BCUT2D eigenvalue weighted by molar-refractivity contribution is -0.117. The van der Waals surface area contributed by atoms with Gasteiger partial charge in [-0.2, -0.15) is 10.4 Å². The summed E-state index contributed by atoms with van der Waals surface area (Å²) in [5.74, 6) is 0.663. The molecule has 2 aromatic heterocycles. The smallest absolute Gasteiger partial charge is 0.325 e. The lowest BCUT2D eigenvalue weighted by Crippen LogP contribution is -2.60. The predicted molar refractivity (Wildman–Crippen MR) is 171 cm³/mol. The molecule has 4 aromatic rings. The number of allylic oxidation sites excluding steroid dienone is 2. The van der Waals surface area contributed by atoms with Crippen molar-refractivity contribution in [3.05, 3.63) is 72.4 Å². The first-order valence-electron chi connectivity index (χ1n) is 15.6. The van der Waals surface area contributed by atoms with Crippen LogP contribution in [0.2, 0.25) is 0 Å². The number of hydrogen-bond acceptors (Lipinski definition) is 8. The number of ether oxygens (including phenoxy) is 2. The van der Waals surface area contributed by atoms with Gasteiger partial charge in [0.25, 0.3) is 0 Å². The summed E-state index contributed by atoms with van der Waals surface area (Å²) in [6, 6.07) is 15.3. The minimum absolute atomic E-state index is 0.0819. The van der Waals surface area contributed by atoms with Crippen LogP contribution in [0.3, 0.4) is 0 Å². The molecule has 2 fully saturated rings. The van der Waals surface area contributed by atoms with Crippen molar-refractivity contribution < 1.29 is 18.7 Å². The predicted octanol–water partition coefficient (Wildman–Crippen LogP) is 6.31. The van der Waals surface area contributed by atoms with Crippen LogP contribution in [0.4, 0.5) is 15.0 Å². The number of urea groups is 1. The van der Waals surface area contributed by atoms with Crippen LogP contribution in [0, 0.1) is 23.1 Å². The molecule has 6 rings (SSSR count). The zero-order chi connectivity index (χ0) is 32.4. The summed E-state index contributed by atoms with van der Waals surface area (Å²) in [7, 11) is 0. The minimum Gasteiger partial charge on any atom is -0.457 e. The third kappa shape index (κ3) is 5.98. The number of nitrogen functional groups attached to an aromatic ring is 1. The van der Waals surface area contributed by atoms with Gasteiger partial charge in [0.15, 0.2) is 5.65 Å². The molecule has 12 heteroatoms. The monoisotopic (exact) mass is 624 g/mol. The number of para-hydroxylation sites is 1. The number of nitrogens with zero attached hydrogens (tertiary/aromatic N) is 7. The van der Waals surface area contributed by atoms with Crippen LogP contribution in [0.25, 0.3) is 22.3 Å². The van der Waals surface area contributed by atoms with Crippen LogP contribution in [-0.2, 0) is 4.74 Å². The minimum atomic E-state index is -0.534. The molecular weight excluding hydrogens is 587 g/mol. The van der Waals surface area contributed by atoms with Gasteiger partial charge in [-0.25, -0.2) is 23.8 Å². The Morgan fingerprint density at radius 1 is 1.24 bits per heavy atom. The van der Waals surface area contributed by atoms with Crippen molar-refractivity contribution in [1.82, 2.24) is 29.5 Å². The maximum absolute atomic E-state index is 15.7. The number of fused-ring (bicyclic) bond motifs is 1. The SMILES string of the molecule is CC[C@H]1OCC1N(C(=O)N1CCCC(n2nc(-c3ccc(Oc4ccccc4)cc3F)c3c(N)ncnc32)C1)C(C#N)=CC(C)C. The van der Waals surface area contributed by atoms with Crippen molar-refractivity contribution in [3.63, 3.8) is 0 Å². The highest BCUT2D eigenvalue weighted by atomic mass is 19.1. The van der Waals surface area contributed by atoms with Crippen molar-refractivity contribution in [2.24, 2.45) is 5.92 Å². The number of nitriles is 1. The van der Waals surface area contributed by atoms with E-state index in [4.69, 9.17) is 20.3 Å². The highest BCUT2D eigenvalue weighted by molar-refractivity contribution is 5.98. The molecule has 2 aliphatic heterocycles. The molecule has 3 atom stereocenters. The number of piperidine rings is 1. The van der Waals surface area contributed by atoms with E-state index in [-0.39, 0.29) is 41.5 Å². The van der Waals surface area contributed by atoms with Crippen LogP contribution < -0.4 is 10.5 Å². The largest absolute Gasteiger partial charge is 0.457 e. The van der Waals surface area contributed by atoms with E-state index in [1.807, 2.05) is 45.0 Å². The number of nitrogens with two attached hydrogens (primary N) is 1. The Kier molecular flexibility index (Phi) is 8.85. The van der Waals surface area contributed by atoms with Gasteiger partial charge in [-0.15, -0.1) is 0 Å². The topological polar surface area (TPSA) is 135 Å². The molecule has 2 amide bonds. The van der Waals surface area contributed by atoms with Gasteiger partial charge in [0.2, 0.25) is 0 Å². The molecule has 2 N–H and O–H groups in total. The molecule has 2 aliphatic rings. The lowest BCUT2D eigenvalue weighted by atomic mass is 10.0. The fourth-order valence-electron chi connectivity index (χ4n) is 6.15.